The third kappa shape index (κ3) is 4.33. The molecular formula is C28H41N7O2S. The second-order valence-electron chi connectivity index (χ2n) is 12.1. The molecule has 1 saturated heterocycles. The Morgan fingerprint density at radius 2 is 1.76 bits per heavy atom. The molecule has 0 spiro atoms. The molecule has 2 aromatic heterocycles. The van der Waals surface area contributed by atoms with Gasteiger partial charge in [0.15, 0.2) is 9.84 Å². The fourth-order valence-corrected chi connectivity index (χ4v) is 8.92. The van der Waals surface area contributed by atoms with Gasteiger partial charge >= 0.3 is 0 Å². The molecule has 7 rings (SSSR count). The summed E-state index contributed by atoms with van der Waals surface area (Å²) in [4.78, 5) is 9.48. The quantitative estimate of drug-likeness (QED) is 0.542. The van der Waals surface area contributed by atoms with Gasteiger partial charge in [0.25, 0.3) is 0 Å². The fraction of sp³-hybridized carbons (Fsp3) is 0.679. The number of nitrogens with one attached hydrogen (secondary N) is 2. The Morgan fingerprint density at radius 3 is 2.39 bits per heavy atom. The van der Waals surface area contributed by atoms with Crippen molar-refractivity contribution in [1.82, 2.24) is 19.7 Å². The molecule has 10 heteroatoms. The number of pyridine rings is 1. The van der Waals surface area contributed by atoms with Crippen LogP contribution in [0, 0.1) is 24.7 Å². The monoisotopic (exact) mass is 539 g/mol. The molecule has 0 aromatic carbocycles. The highest BCUT2D eigenvalue weighted by Gasteiger charge is 2.52. The minimum atomic E-state index is -2.84. The molecule has 2 aromatic rings. The van der Waals surface area contributed by atoms with Crippen LogP contribution in [0.2, 0.25) is 0 Å². The fourth-order valence-electron chi connectivity index (χ4n) is 7.72. The van der Waals surface area contributed by atoms with Crippen LogP contribution in [0.3, 0.4) is 0 Å². The van der Waals surface area contributed by atoms with Crippen molar-refractivity contribution < 1.29 is 8.42 Å². The Balaban J connectivity index is 1.18. The van der Waals surface area contributed by atoms with Crippen molar-refractivity contribution in [3.63, 3.8) is 0 Å². The van der Waals surface area contributed by atoms with Crippen LogP contribution in [0.15, 0.2) is 6.07 Å². The molecule has 4 fully saturated rings. The van der Waals surface area contributed by atoms with Crippen molar-refractivity contribution in [1.29, 1.82) is 5.41 Å². The summed E-state index contributed by atoms with van der Waals surface area (Å²) in [6.07, 6.45) is 9.55. The molecule has 4 heterocycles. The van der Waals surface area contributed by atoms with Gasteiger partial charge in [0.1, 0.15) is 5.82 Å². The van der Waals surface area contributed by atoms with Gasteiger partial charge in [-0.3, -0.25) is 9.58 Å². The van der Waals surface area contributed by atoms with Gasteiger partial charge < -0.3 is 15.6 Å². The van der Waals surface area contributed by atoms with Crippen LogP contribution in [-0.4, -0.2) is 78.0 Å². The van der Waals surface area contributed by atoms with E-state index in [-0.39, 0.29) is 5.54 Å². The molecule has 5 aliphatic rings. The Labute approximate surface area is 226 Å². The van der Waals surface area contributed by atoms with Crippen molar-refractivity contribution in [2.75, 3.05) is 48.4 Å². The minimum Gasteiger partial charge on any atom is -0.373 e. The zero-order chi connectivity index (χ0) is 26.7. The first-order valence-electron chi connectivity index (χ1n) is 14.1. The maximum Gasteiger partial charge on any atom is 0.152 e. The number of sulfone groups is 1. The molecule has 9 nitrogen and oxygen atoms in total. The molecule has 3 aliphatic carbocycles. The summed E-state index contributed by atoms with van der Waals surface area (Å²) < 4.78 is 26.3. The molecule has 0 atom stereocenters. The first-order chi connectivity index (χ1) is 18.2. The van der Waals surface area contributed by atoms with Crippen molar-refractivity contribution in [3.05, 3.63) is 34.3 Å². The molecule has 3 saturated carbocycles. The predicted octanol–water partition coefficient (Wildman–Crippen LogP) is 3.32. The van der Waals surface area contributed by atoms with E-state index in [0.29, 0.717) is 30.0 Å². The Kier molecular flexibility index (Phi) is 6.33. The van der Waals surface area contributed by atoms with E-state index in [1.807, 2.05) is 14.0 Å². The van der Waals surface area contributed by atoms with E-state index in [9.17, 15) is 8.42 Å². The van der Waals surface area contributed by atoms with E-state index in [1.165, 1.54) is 56.0 Å². The van der Waals surface area contributed by atoms with Crippen molar-refractivity contribution in [2.45, 2.75) is 77.4 Å². The number of aryl methyl sites for hydroxylation is 2. The molecule has 0 amide bonds. The first kappa shape index (κ1) is 25.8. The van der Waals surface area contributed by atoms with Crippen LogP contribution >= 0.6 is 0 Å². The van der Waals surface area contributed by atoms with E-state index < -0.39 is 9.84 Å². The topological polar surface area (TPSA) is 107 Å². The largest absolute Gasteiger partial charge is 0.373 e. The van der Waals surface area contributed by atoms with Crippen molar-refractivity contribution in [2.24, 2.45) is 5.41 Å². The number of rotatable bonds is 6. The highest BCUT2D eigenvalue weighted by atomic mass is 32.2. The number of nitrogens with zero attached hydrogens (tertiary/aromatic N) is 5. The highest BCUT2D eigenvalue weighted by Crippen LogP contribution is 2.55. The van der Waals surface area contributed by atoms with Gasteiger partial charge in [0.05, 0.1) is 28.5 Å². The summed E-state index contributed by atoms with van der Waals surface area (Å²) in [6, 6.07) is 2.10. The van der Waals surface area contributed by atoms with Crippen LogP contribution in [-0.2, 0) is 29.3 Å². The van der Waals surface area contributed by atoms with Crippen LogP contribution in [0.5, 0.6) is 0 Å². The Morgan fingerprint density at radius 1 is 1.08 bits per heavy atom. The van der Waals surface area contributed by atoms with Gasteiger partial charge in [0, 0.05) is 74.9 Å². The highest BCUT2D eigenvalue weighted by molar-refractivity contribution is 7.91. The average Bonchev–Trinajstić information content (AvgIpc) is 3.22. The molecule has 0 unspecified atom stereocenters. The number of aromatic nitrogens is 3. The summed E-state index contributed by atoms with van der Waals surface area (Å²) in [5.74, 6) is 1.41. The van der Waals surface area contributed by atoms with Crippen molar-refractivity contribution >= 4 is 27.6 Å². The van der Waals surface area contributed by atoms with Crippen LogP contribution in [0.1, 0.15) is 66.7 Å². The van der Waals surface area contributed by atoms with Crippen LogP contribution in [0.4, 0.5) is 11.5 Å². The van der Waals surface area contributed by atoms with Gasteiger partial charge in [-0.25, -0.2) is 13.4 Å². The van der Waals surface area contributed by atoms with Gasteiger partial charge in [-0.15, -0.1) is 0 Å². The average molecular weight is 540 g/mol. The van der Waals surface area contributed by atoms with E-state index in [4.69, 9.17) is 10.5 Å². The van der Waals surface area contributed by atoms with Crippen LogP contribution < -0.4 is 10.2 Å². The maximum atomic E-state index is 12.0. The standard InChI is InChI=1S/C28H41N7O2S/c1-20-16-25(22(17-29)26(30-3)31-20)33-11-4-24-23(18-33)21(2)32-35(24)19-27-5-8-28(9-6-27,10-7-27)34-12-14-38(36,37)15-13-34/h16-17,29H,4-15,18-19H2,1-3H3,(H,30,31). The molecule has 0 radical (unpaired) electrons. The third-order valence-electron chi connectivity index (χ3n) is 10.1. The second kappa shape index (κ2) is 9.33. The summed E-state index contributed by atoms with van der Waals surface area (Å²) in [7, 11) is -0.982. The summed E-state index contributed by atoms with van der Waals surface area (Å²) >= 11 is 0. The molecule has 2 N–H and O–H groups in total. The summed E-state index contributed by atoms with van der Waals surface area (Å²) in [5, 5.41) is 16.3. The molecule has 38 heavy (non-hydrogen) atoms. The number of hydrogen-bond acceptors (Lipinski definition) is 8. The molecule has 2 aliphatic heterocycles. The van der Waals surface area contributed by atoms with E-state index in [0.717, 1.165) is 54.5 Å². The van der Waals surface area contributed by atoms with Gasteiger partial charge in [-0.1, -0.05) is 0 Å². The Bertz CT molecular complexity index is 1330. The lowest BCUT2D eigenvalue weighted by Gasteiger charge is -2.58. The van der Waals surface area contributed by atoms with Gasteiger partial charge in [0.2, 0.25) is 0 Å². The first-order valence-corrected chi connectivity index (χ1v) is 15.9. The molecule has 2 bridgehead atoms. The van der Waals surface area contributed by atoms with E-state index in [2.05, 4.69) is 37.8 Å². The third-order valence-corrected chi connectivity index (χ3v) is 11.7. The van der Waals surface area contributed by atoms with E-state index >= 15 is 0 Å². The SMILES string of the molecule is CNc1nc(C)cc(N2CCc3c(c(C)nn3CC34CCC(N5CCS(=O)(=O)CC5)(CC3)CC4)C2)c1C=N. The number of hydrogen-bond donors (Lipinski definition) is 2. The maximum absolute atomic E-state index is 12.0. The lowest BCUT2D eigenvalue weighted by Crippen LogP contribution is -2.60. The second-order valence-corrected chi connectivity index (χ2v) is 14.4. The smallest absolute Gasteiger partial charge is 0.152 e. The molecular weight excluding hydrogens is 498 g/mol. The Hall–Kier alpha value is -2.46. The zero-order valence-corrected chi connectivity index (χ0v) is 23.8. The van der Waals surface area contributed by atoms with Gasteiger partial charge in [-0.05, 0) is 63.9 Å². The lowest BCUT2D eigenvalue weighted by atomic mass is 9.56. The molecule has 206 valence electrons. The minimum absolute atomic E-state index is 0.221. The zero-order valence-electron chi connectivity index (χ0n) is 23.0. The normalized spacial score (nSPS) is 28.8. The number of fused-ring (bicyclic) bond motifs is 4. The lowest BCUT2D eigenvalue weighted by molar-refractivity contribution is -0.0595. The number of anilines is 2. The summed E-state index contributed by atoms with van der Waals surface area (Å²) in [5.41, 5.74) is 7.21. The summed E-state index contributed by atoms with van der Waals surface area (Å²) in [6.45, 7) is 8.28. The van der Waals surface area contributed by atoms with Gasteiger partial charge in [-0.2, -0.15) is 5.10 Å². The van der Waals surface area contributed by atoms with E-state index in [1.54, 1.807) is 0 Å². The predicted molar refractivity (Wildman–Crippen MR) is 151 cm³/mol. The van der Waals surface area contributed by atoms with Crippen LogP contribution in [0.25, 0.3) is 0 Å². The van der Waals surface area contributed by atoms with Crippen molar-refractivity contribution in [3.8, 4) is 0 Å².